The zero-order chi connectivity index (χ0) is 25.2. The molecule has 3 heterocycles. The summed E-state index contributed by atoms with van der Waals surface area (Å²) in [6, 6.07) is 1.63. The molecule has 2 saturated heterocycles. The lowest BCUT2D eigenvalue weighted by atomic mass is 9.74. The topological polar surface area (TPSA) is 70.6 Å². The summed E-state index contributed by atoms with van der Waals surface area (Å²) in [6.45, 7) is 9.82. The summed E-state index contributed by atoms with van der Waals surface area (Å²) in [7, 11) is 0. The Labute approximate surface area is 205 Å². The van der Waals surface area contributed by atoms with Crippen LogP contribution in [0, 0.1) is 17.3 Å². The maximum absolute atomic E-state index is 13.8. The third-order valence-electron chi connectivity index (χ3n) is 8.31. The SMILES string of the molecule is CC[C@@H]1COCCC1N[C@@H]1CCC(C(=O)N2CCN(c3nccc(C(F)(F)F)n3)CC2)(C(C)C)C1. The van der Waals surface area contributed by atoms with Crippen molar-refractivity contribution in [3.63, 3.8) is 0 Å². The molecule has 10 heteroatoms. The van der Waals surface area contributed by atoms with Crippen molar-refractivity contribution in [1.29, 1.82) is 0 Å². The minimum Gasteiger partial charge on any atom is -0.381 e. The van der Waals surface area contributed by atoms with Crippen molar-refractivity contribution >= 4 is 11.9 Å². The standard InChI is InChI=1S/C25H38F3N5O2/c1-4-18-16-35-14-7-20(18)30-19-5-8-24(15-19,17(2)3)22(34)32-10-12-33(13-11-32)23-29-9-6-21(31-23)25(26,27)28/h6,9,17-20,30H,4-5,7-8,10-16H2,1-3H3/t18-,19-,20?,24?/m1/s1. The van der Waals surface area contributed by atoms with Crippen molar-refractivity contribution in [3.8, 4) is 0 Å². The van der Waals surface area contributed by atoms with Crippen molar-refractivity contribution < 1.29 is 22.7 Å². The van der Waals surface area contributed by atoms with Crippen LogP contribution in [-0.4, -0.2) is 72.3 Å². The van der Waals surface area contributed by atoms with E-state index in [1.165, 1.54) is 0 Å². The van der Waals surface area contributed by atoms with Gasteiger partial charge in [0, 0.05) is 51.1 Å². The van der Waals surface area contributed by atoms with Crippen molar-refractivity contribution in [2.45, 2.75) is 71.1 Å². The molecule has 4 rings (SSSR count). The van der Waals surface area contributed by atoms with Gasteiger partial charge in [-0.1, -0.05) is 20.8 Å². The molecule has 3 aliphatic rings. The number of amides is 1. The van der Waals surface area contributed by atoms with E-state index in [4.69, 9.17) is 4.74 Å². The van der Waals surface area contributed by atoms with Gasteiger partial charge in [-0.05, 0) is 50.0 Å². The number of anilines is 1. The van der Waals surface area contributed by atoms with E-state index in [-0.39, 0.29) is 17.8 Å². The van der Waals surface area contributed by atoms with Gasteiger partial charge in [-0.3, -0.25) is 4.79 Å². The number of aromatic nitrogens is 2. The fourth-order valence-corrected chi connectivity index (χ4v) is 5.99. The van der Waals surface area contributed by atoms with Gasteiger partial charge in [0.1, 0.15) is 5.69 Å². The summed E-state index contributed by atoms with van der Waals surface area (Å²) in [5, 5.41) is 3.86. The van der Waals surface area contributed by atoms with Gasteiger partial charge in [0.2, 0.25) is 11.9 Å². The molecule has 0 spiro atoms. The lowest BCUT2D eigenvalue weighted by Crippen LogP contribution is -2.55. The number of hydrogen-bond acceptors (Lipinski definition) is 6. The van der Waals surface area contributed by atoms with Gasteiger partial charge in [-0.25, -0.2) is 9.97 Å². The second kappa shape index (κ2) is 10.6. The van der Waals surface area contributed by atoms with Crippen LogP contribution >= 0.6 is 0 Å². The fourth-order valence-electron chi connectivity index (χ4n) is 5.99. The van der Waals surface area contributed by atoms with E-state index >= 15 is 0 Å². The summed E-state index contributed by atoms with van der Waals surface area (Å²) in [6.07, 6.45) is 1.40. The maximum Gasteiger partial charge on any atom is 0.433 e. The number of carbonyl (C=O) groups is 1. The molecule has 1 amide bonds. The molecular formula is C25H38F3N5O2. The lowest BCUT2D eigenvalue weighted by molar-refractivity contribution is -0.145. The minimum atomic E-state index is -4.51. The number of rotatable bonds is 6. The highest BCUT2D eigenvalue weighted by Crippen LogP contribution is 2.46. The highest BCUT2D eigenvalue weighted by atomic mass is 19.4. The Bertz CT molecular complexity index is 875. The second-order valence-corrected chi connectivity index (χ2v) is 10.6. The van der Waals surface area contributed by atoms with Crippen molar-refractivity contribution in [2.24, 2.45) is 17.3 Å². The molecule has 196 valence electrons. The van der Waals surface area contributed by atoms with Crippen molar-refractivity contribution in [1.82, 2.24) is 20.2 Å². The first-order valence-corrected chi connectivity index (χ1v) is 12.9. The van der Waals surface area contributed by atoms with Crippen LogP contribution in [0.1, 0.15) is 58.6 Å². The summed E-state index contributed by atoms with van der Waals surface area (Å²) in [4.78, 5) is 25.2. The molecule has 0 bridgehead atoms. The fraction of sp³-hybridized carbons (Fsp3) is 0.800. The van der Waals surface area contributed by atoms with Crippen LogP contribution in [0.2, 0.25) is 0 Å². The van der Waals surface area contributed by atoms with Gasteiger partial charge in [-0.15, -0.1) is 0 Å². The Morgan fingerprint density at radius 2 is 2.00 bits per heavy atom. The largest absolute Gasteiger partial charge is 0.433 e. The van der Waals surface area contributed by atoms with Crippen LogP contribution in [0.4, 0.5) is 19.1 Å². The Morgan fingerprint density at radius 3 is 2.66 bits per heavy atom. The molecule has 0 radical (unpaired) electrons. The van der Waals surface area contributed by atoms with Crippen LogP contribution in [0.15, 0.2) is 12.3 Å². The van der Waals surface area contributed by atoms with Crippen LogP contribution in [0.25, 0.3) is 0 Å². The first-order valence-electron chi connectivity index (χ1n) is 12.9. The van der Waals surface area contributed by atoms with Gasteiger partial charge in [0.25, 0.3) is 0 Å². The molecule has 0 aromatic carbocycles. The summed E-state index contributed by atoms with van der Waals surface area (Å²) < 4.78 is 44.8. The van der Waals surface area contributed by atoms with Crippen LogP contribution < -0.4 is 10.2 Å². The molecule has 1 aliphatic carbocycles. The van der Waals surface area contributed by atoms with Gasteiger partial charge in [0.15, 0.2) is 0 Å². The molecule has 35 heavy (non-hydrogen) atoms. The van der Waals surface area contributed by atoms with E-state index in [0.717, 1.165) is 57.6 Å². The van der Waals surface area contributed by atoms with Crippen molar-refractivity contribution in [2.75, 3.05) is 44.3 Å². The van der Waals surface area contributed by atoms with E-state index in [0.29, 0.717) is 44.2 Å². The molecule has 7 nitrogen and oxygen atoms in total. The summed E-state index contributed by atoms with van der Waals surface area (Å²) >= 11 is 0. The Hall–Kier alpha value is -1.94. The third-order valence-corrected chi connectivity index (χ3v) is 8.31. The lowest BCUT2D eigenvalue weighted by Gasteiger charge is -2.42. The quantitative estimate of drug-likeness (QED) is 0.646. The molecule has 2 aliphatic heterocycles. The zero-order valence-electron chi connectivity index (χ0n) is 21.0. The smallest absolute Gasteiger partial charge is 0.381 e. The monoisotopic (exact) mass is 497 g/mol. The number of ether oxygens (including phenoxy) is 1. The van der Waals surface area contributed by atoms with E-state index in [9.17, 15) is 18.0 Å². The third kappa shape index (κ3) is 5.58. The van der Waals surface area contributed by atoms with E-state index in [1.54, 1.807) is 4.90 Å². The number of piperazine rings is 1. The molecule has 3 fully saturated rings. The molecule has 2 unspecified atom stereocenters. The summed E-state index contributed by atoms with van der Waals surface area (Å²) in [5.41, 5.74) is -1.35. The van der Waals surface area contributed by atoms with Gasteiger partial charge >= 0.3 is 6.18 Å². The number of halogens is 3. The zero-order valence-corrected chi connectivity index (χ0v) is 21.0. The van der Waals surface area contributed by atoms with Crippen molar-refractivity contribution in [3.05, 3.63) is 18.0 Å². The summed E-state index contributed by atoms with van der Waals surface area (Å²) in [5.74, 6) is 0.973. The van der Waals surface area contributed by atoms with E-state index in [2.05, 4.69) is 36.1 Å². The molecule has 1 aromatic rings. The average Bonchev–Trinajstić information content (AvgIpc) is 3.29. The number of nitrogens with zero attached hydrogens (tertiary/aromatic N) is 4. The first-order chi connectivity index (χ1) is 16.6. The number of alkyl halides is 3. The van der Waals surface area contributed by atoms with Crippen LogP contribution in [0.5, 0.6) is 0 Å². The predicted molar refractivity (Wildman–Crippen MR) is 127 cm³/mol. The Balaban J connectivity index is 1.38. The Morgan fingerprint density at radius 1 is 1.26 bits per heavy atom. The number of hydrogen-bond donors (Lipinski definition) is 1. The first kappa shape index (κ1) is 26.1. The predicted octanol–water partition coefficient (Wildman–Crippen LogP) is 3.74. The maximum atomic E-state index is 13.8. The van der Waals surface area contributed by atoms with Crippen LogP contribution in [-0.2, 0) is 15.7 Å². The second-order valence-electron chi connectivity index (χ2n) is 10.6. The molecule has 4 atom stereocenters. The highest BCUT2D eigenvalue weighted by molar-refractivity contribution is 5.83. The van der Waals surface area contributed by atoms with Gasteiger partial charge < -0.3 is 19.9 Å². The molecule has 1 saturated carbocycles. The molecule has 1 aromatic heterocycles. The van der Waals surface area contributed by atoms with Gasteiger partial charge in [-0.2, -0.15) is 13.2 Å². The average molecular weight is 498 g/mol. The van der Waals surface area contributed by atoms with E-state index in [1.807, 2.05) is 4.90 Å². The highest BCUT2D eigenvalue weighted by Gasteiger charge is 2.50. The molecule has 1 N–H and O–H groups in total. The number of carbonyl (C=O) groups excluding carboxylic acids is 1. The van der Waals surface area contributed by atoms with E-state index < -0.39 is 17.3 Å². The number of nitrogens with one attached hydrogen (secondary N) is 1. The normalized spacial score (nSPS) is 30.2. The van der Waals surface area contributed by atoms with Gasteiger partial charge in [0.05, 0.1) is 12.0 Å². The molecular weight excluding hydrogens is 459 g/mol. The van der Waals surface area contributed by atoms with Crippen LogP contribution in [0.3, 0.4) is 0 Å². The Kier molecular flexibility index (Phi) is 7.90. The minimum absolute atomic E-state index is 0.0672.